The lowest BCUT2D eigenvalue weighted by molar-refractivity contribution is 0.0926. The maximum absolute atomic E-state index is 12.8. The summed E-state index contributed by atoms with van der Waals surface area (Å²) in [4.78, 5) is 29.2. The number of rotatable bonds is 5. The van der Waals surface area contributed by atoms with E-state index < -0.39 is 11.8 Å². The fourth-order valence-corrected chi connectivity index (χ4v) is 3.46. The standard InChI is InChI=1S/C21H22N6O3/c1-26-19(16(12-23-26)20(29)22-8-10-28)21(30)24-15-7-9-27-13-17(25-18(27)11-15)14-5-3-2-4-6-14/h2-7,9,11-12,17,25,28H,8,10,13H2,1H3,(H,22,29). The summed E-state index contributed by atoms with van der Waals surface area (Å²) in [6.07, 6.45) is 3.20. The van der Waals surface area contributed by atoms with Gasteiger partial charge in [-0.15, -0.1) is 0 Å². The molecule has 1 atom stereocenters. The lowest BCUT2D eigenvalue weighted by Crippen LogP contribution is -2.28. The Kier molecular flexibility index (Phi) is 5.44. The molecule has 0 saturated carbocycles. The number of carbonyl (C=O) groups excluding carboxylic acids is 2. The zero-order valence-corrected chi connectivity index (χ0v) is 16.4. The van der Waals surface area contributed by atoms with E-state index in [0.29, 0.717) is 5.36 Å². The van der Waals surface area contributed by atoms with E-state index in [0.717, 1.165) is 12.4 Å². The molecule has 0 radical (unpaired) electrons. The topological polar surface area (TPSA) is 114 Å². The number of amides is 2. The first-order valence-corrected chi connectivity index (χ1v) is 9.59. The predicted molar refractivity (Wildman–Crippen MR) is 110 cm³/mol. The number of nitrogens with one attached hydrogen (secondary N) is 2. The predicted octanol–water partition coefficient (Wildman–Crippen LogP) is 0.852. The number of pyridine rings is 1. The lowest BCUT2D eigenvalue weighted by atomic mass is 10.1. The van der Waals surface area contributed by atoms with Crippen molar-refractivity contribution in [2.75, 3.05) is 18.5 Å². The average Bonchev–Trinajstić information content (AvgIpc) is 3.36. The van der Waals surface area contributed by atoms with Gasteiger partial charge >= 0.3 is 0 Å². The van der Waals surface area contributed by atoms with Gasteiger partial charge in [-0.05, 0) is 11.6 Å². The smallest absolute Gasteiger partial charge is 0.296 e. The van der Waals surface area contributed by atoms with Crippen molar-refractivity contribution in [2.45, 2.75) is 12.6 Å². The van der Waals surface area contributed by atoms with Crippen LogP contribution >= 0.6 is 0 Å². The van der Waals surface area contributed by atoms with Crippen molar-refractivity contribution < 1.29 is 14.7 Å². The van der Waals surface area contributed by atoms with Crippen LogP contribution in [-0.2, 0) is 13.6 Å². The number of benzene rings is 1. The highest BCUT2D eigenvalue weighted by atomic mass is 16.3. The van der Waals surface area contributed by atoms with Gasteiger partial charge in [-0.3, -0.25) is 14.3 Å². The normalized spacial score (nSPS) is 15.5. The Balaban J connectivity index is 1.58. The second-order valence-electron chi connectivity index (χ2n) is 6.96. The Labute approximate surface area is 172 Å². The molecule has 2 aromatic heterocycles. The highest BCUT2D eigenvalue weighted by molar-refractivity contribution is 6.06. The minimum Gasteiger partial charge on any atom is -0.395 e. The van der Waals surface area contributed by atoms with Gasteiger partial charge in [-0.1, -0.05) is 30.3 Å². The number of anilines is 1. The van der Waals surface area contributed by atoms with E-state index in [1.165, 1.54) is 16.4 Å². The van der Waals surface area contributed by atoms with Crippen molar-refractivity contribution in [2.24, 2.45) is 12.0 Å². The first-order valence-electron chi connectivity index (χ1n) is 9.59. The minimum atomic E-state index is -0.563. The summed E-state index contributed by atoms with van der Waals surface area (Å²) in [7, 11) is 1.58. The van der Waals surface area contributed by atoms with Gasteiger partial charge in [0.15, 0.2) is 0 Å². The number of aromatic nitrogens is 3. The van der Waals surface area contributed by atoms with Crippen LogP contribution in [0.1, 0.15) is 32.5 Å². The van der Waals surface area contributed by atoms with E-state index in [1.54, 1.807) is 13.1 Å². The third-order valence-corrected chi connectivity index (χ3v) is 4.94. The van der Waals surface area contributed by atoms with Crippen molar-refractivity contribution in [3.63, 3.8) is 0 Å². The molecule has 3 heterocycles. The van der Waals surface area contributed by atoms with Gasteiger partial charge in [0.2, 0.25) is 0 Å². The fraction of sp³-hybridized carbons (Fsp3) is 0.238. The van der Waals surface area contributed by atoms with E-state index in [-0.39, 0.29) is 30.5 Å². The van der Waals surface area contributed by atoms with E-state index in [9.17, 15) is 9.59 Å². The molecule has 0 fully saturated rings. The minimum absolute atomic E-state index is 0.0914. The van der Waals surface area contributed by atoms with Crippen molar-refractivity contribution in [3.8, 4) is 0 Å². The summed E-state index contributed by atoms with van der Waals surface area (Å²) in [6.45, 7) is 0.683. The number of fused-ring (bicyclic) bond motifs is 1. The summed E-state index contributed by atoms with van der Waals surface area (Å²) in [5, 5.41) is 19.3. The molecule has 9 nitrogen and oxygen atoms in total. The summed E-state index contributed by atoms with van der Waals surface area (Å²) in [5.41, 5.74) is 1.40. The summed E-state index contributed by atoms with van der Waals surface area (Å²) in [5.74, 6) is -0.178. The molecular formula is C21H22N6O3. The third-order valence-electron chi connectivity index (χ3n) is 4.94. The molecule has 1 aliphatic heterocycles. The van der Waals surface area contributed by atoms with E-state index in [4.69, 9.17) is 5.11 Å². The van der Waals surface area contributed by atoms with Crippen LogP contribution in [0.4, 0.5) is 5.82 Å². The maximum Gasteiger partial charge on any atom is 0.296 e. The van der Waals surface area contributed by atoms with Crippen molar-refractivity contribution in [1.29, 1.82) is 0 Å². The van der Waals surface area contributed by atoms with Gasteiger partial charge in [-0.25, -0.2) is 4.99 Å². The molecule has 4 rings (SSSR count). The van der Waals surface area contributed by atoms with Gasteiger partial charge in [0, 0.05) is 32.4 Å². The number of aliphatic hydroxyl groups excluding tert-OH is 1. The molecule has 154 valence electrons. The molecule has 3 aromatic rings. The Hall–Kier alpha value is -3.72. The highest BCUT2D eigenvalue weighted by Crippen LogP contribution is 2.27. The molecule has 1 unspecified atom stereocenters. The molecule has 1 aliphatic rings. The molecule has 0 bridgehead atoms. The average molecular weight is 406 g/mol. The second-order valence-corrected chi connectivity index (χ2v) is 6.96. The van der Waals surface area contributed by atoms with Crippen LogP contribution in [0.15, 0.2) is 59.9 Å². The zero-order valence-electron chi connectivity index (χ0n) is 16.4. The van der Waals surface area contributed by atoms with Gasteiger partial charge in [-0.2, -0.15) is 5.10 Å². The summed E-state index contributed by atoms with van der Waals surface area (Å²) < 4.78 is 3.39. The summed E-state index contributed by atoms with van der Waals surface area (Å²) >= 11 is 0. The molecule has 1 aromatic carbocycles. The Morgan fingerprint density at radius 2 is 2.10 bits per heavy atom. The van der Waals surface area contributed by atoms with Crippen LogP contribution < -0.4 is 16.0 Å². The van der Waals surface area contributed by atoms with E-state index in [2.05, 4.69) is 37.4 Å². The molecule has 2 amide bonds. The van der Waals surface area contributed by atoms with Gasteiger partial charge in [0.25, 0.3) is 11.8 Å². The van der Waals surface area contributed by atoms with Gasteiger partial charge in [0.1, 0.15) is 11.5 Å². The summed E-state index contributed by atoms with van der Waals surface area (Å²) in [6, 6.07) is 13.9. The lowest BCUT2D eigenvalue weighted by Gasteiger charge is -2.09. The van der Waals surface area contributed by atoms with Gasteiger partial charge in [0.05, 0.1) is 29.8 Å². The Morgan fingerprint density at radius 1 is 1.30 bits per heavy atom. The third kappa shape index (κ3) is 3.87. The second kappa shape index (κ2) is 8.34. The number of aryl methyl sites for hydroxylation is 1. The molecular weight excluding hydrogens is 384 g/mol. The van der Waals surface area contributed by atoms with Crippen LogP contribution in [0.5, 0.6) is 0 Å². The SMILES string of the molecule is Cn1ncc(C(=O)NCCO)c1C(=O)N=c1ccn2c(c1)NC(c1ccccc1)C2. The number of nitrogens with zero attached hydrogens (tertiary/aromatic N) is 4. The van der Waals surface area contributed by atoms with Gasteiger partial charge < -0.3 is 20.3 Å². The molecule has 3 N–H and O–H groups in total. The molecule has 30 heavy (non-hydrogen) atoms. The first kappa shape index (κ1) is 19.6. The van der Waals surface area contributed by atoms with Crippen molar-refractivity contribution >= 4 is 17.6 Å². The number of hydrogen-bond donors (Lipinski definition) is 3. The number of carbonyl (C=O) groups is 2. The Bertz CT molecular complexity index is 1150. The molecule has 0 saturated heterocycles. The van der Waals surface area contributed by atoms with Crippen LogP contribution in [-0.4, -0.2) is 44.4 Å². The fourth-order valence-electron chi connectivity index (χ4n) is 3.46. The zero-order chi connectivity index (χ0) is 21.1. The van der Waals surface area contributed by atoms with Crippen LogP contribution in [0, 0.1) is 0 Å². The van der Waals surface area contributed by atoms with Crippen molar-refractivity contribution in [1.82, 2.24) is 19.7 Å². The van der Waals surface area contributed by atoms with Crippen LogP contribution in [0.3, 0.4) is 0 Å². The molecule has 0 spiro atoms. The first-order chi connectivity index (χ1) is 14.6. The van der Waals surface area contributed by atoms with E-state index >= 15 is 0 Å². The van der Waals surface area contributed by atoms with Crippen LogP contribution in [0.2, 0.25) is 0 Å². The monoisotopic (exact) mass is 406 g/mol. The largest absolute Gasteiger partial charge is 0.395 e. The Morgan fingerprint density at radius 3 is 2.87 bits per heavy atom. The highest BCUT2D eigenvalue weighted by Gasteiger charge is 2.23. The number of aliphatic hydroxyl groups is 1. The quantitative estimate of drug-likeness (QED) is 0.581. The number of hydrogen-bond acceptors (Lipinski definition) is 5. The molecule has 0 aliphatic carbocycles. The van der Waals surface area contributed by atoms with Crippen LogP contribution in [0.25, 0.3) is 0 Å². The molecule has 9 heteroatoms. The van der Waals surface area contributed by atoms with E-state index in [1.807, 2.05) is 30.5 Å². The van der Waals surface area contributed by atoms with Crippen molar-refractivity contribution in [3.05, 3.63) is 77.0 Å². The maximum atomic E-state index is 12.8.